The minimum Gasteiger partial charge on any atom is -0.349 e. The summed E-state index contributed by atoms with van der Waals surface area (Å²) in [7, 11) is 2.11. The maximum Gasteiger partial charge on any atom is 0.255 e. The van der Waals surface area contributed by atoms with E-state index >= 15 is 0 Å². The number of fused-ring (bicyclic) bond motifs is 3. The van der Waals surface area contributed by atoms with Crippen LogP contribution < -0.4 is 5.32 Å². The van der Waals surface area contributed by atoms with E-state index in [1.165, 1.54) is 0 Å². The fraction of sp³-hybridized carbons (Fsp3) is 0.345. The second kappa shape index (κ2) is 9.60. The van der Waals surface area contributed by atoms with Crippen molar-refractivity contribution in [3.05, 3.63) is 71.8 Å². The molecule has 40 heavy (non-hydrogen) atoms. The van der Waals surface area contributed by atoms with Gasteiger partial charge in [-0.05, 0) is 63.7 Å². The maximum atomic E-state index is 13.5. The smallest absolute Gasteiger partial charge is 0.255 e. The molecular formula is C29H31N9O2. The molecule has 0 radical (unpaired) electrons. The first kappa shape index (κ1) is 24.5. The van der Waals surface area contributed by atoms with Gasteiger partial charge in [-0.15, -0.1) is 0 Å². The zero-order chi connectivity index (χ0) is 27.4. The Kier molecular flexibility index (Phi) is 5.88. The number of hydrogen-bond acceptors (Lipinski definition) is 6. The topological polar surface area (TPSA) is 116 Å². The van der Waals surface area contributed by atoms with Crippen LogP contribution in [0.1, 0.15) is 45.1 Å². The van der Waals surface area contributed by atoms with Crippen LogP contribution in [0.2, 0.25) is 0 Å². The highest BCUT2D eigenvalue weighted by Gasteiger charge is 2.25. The van der Waals surface area contributed by atoms with Gasteiger partial charge >= 0.3 is 0 Å². The molecule has 2 aliphatic rings. The fourth-order valence-electron chi connectivity index (χ4n) is 5.85. The first-order chi connectivity index (χ1) is 19.4. The van der Waals surface area contributed by atoms with Crippen molar-refractivity contribution in [2.24, 2.45) is 0 Å². The minimum absolute atomic E-state index is 0.0624. The molecule has 7 heterocycles. The Morgan fingerprint density at radius 2 is 1.95 bits per heavy atom. The van der Waals surface area contributed by atoms with Gasteiger partial charge < -0.3 is 24.7 Å². The summed E-state index contributed by atoms with van der Waals surface area (Å²) in [5, 5.41) is 8.45. The Labute approximate surface area is 230 Å². The normalized spacial score (nSPS) is 16.5. The summed E-state index contributed by atoms with van der Waals surface area (Å²) in [6, 6.07) is 6.00. The van der Waals surface area contributed by atoms with E-state index in [9.17, 15) is 9.59 Å². The summed E-state index contributed by atoms with van der Waals surface area (Å²) in [5.41, 5.74) is 5.30. The van der Waals surface area contributed by atoms with Crippen LogP contribution in [0.25, 0.3) is 27.7 Å². The molecular weight excluding hydrogens is 506 g/mol. The molecule has 0 aliphatic carbocycles. The monoisotopic (exact) mass is 537 g/mol. The van der Waals surface area contributed by atoms with Crippen molar-refractivity contribution in [3.8, 4) is 11.1 Å². The molecule has 0 spiro atoms. The third kappa shape index (κ3) is 4.32. The zero-order valence-electron chi connectivity index (χ0n) is 22.6. The van der Waals surface area contributed by atoms with E-state index in [1.54, 1.807) is 16.9 Å². The van der Waals surface area contributed by atoms with Crippen LogP contribution >= 0.6 is 0 Å². The van der Waals surface area contributed by atoms with Gasteiger partial charge in [-0.3, -0.25) is 9.59 Å². The molecule has 0 atom stereocenters. The van der Waals surface area contributed by atoms with Crippen molar-refractivity contribution in [2.75, 3.05) is 26.7 Å². The summed E-state index contributed by atoms with van der Waals surface area (Å²) in [6.07, 6.45) is 10.9. The number of carbonyl (C=O) groups is 2. The number of rotatable bonds is 4. The van der Waals surface area contributed by atoms with Crippen molar-refractivity contribution >= 4 is 28.4 Å². The second-order valence-electron chi connectivity index (χ2n) is 10.9. The van der Waals surface area contributed by atoms with Gasteiger partial charge in [0, 0.05) is 54.9 Å². The Bertz CT molecular complexity index is 1760. The number of aromatic nitrogens is 6. The number of pyridine rings is 2. The number of imidazole rings is 1. The van der Waals surface area contributed by atoms with Crippen LogP contribution in [0.4, 0.5) is 0 Å². The van der Waals surface area contributed by atoms with Gasteiger partial charge in [0.2, 0.25) is 0 Å². The van der Waals surface area contributed by atoms with Crippen molar-refractivity contribution in [1.82, 2.24) is 44.2 Å². The molecule has 0 bridgehead atoms. The number of nitrogens with zero attached hydrogens (tertiary/aromatic N) is 7. The molecule has 2 N–H and O–H groups in total. The number of aromatic amines is 1. The standard InChI is InChI=1S/C29H31N9O2/c1-18-16-36-9-10-37(17-26(36)33-18)29(40)20-11-22-23(14-31-27(22)30-13-20)19-3-8-38-25(12-19)24(15-32-38)28(39)34-21-4-6-35(2)7-5-21/h3,8,11-16,21H,4-7,9-10,17H2,1-2H3,(H,30,31)(H,34,39). The Balaban J connectivity index is 1.17. The molecule has 1 fully saturated rings. The molecule has 0 aromatic carbocycles. The van der Waals surface area contributed by atoms with Gasteiger partial charge in [0.1, 0.15) is 11.5 Å². The second-order valence-corrected chi connectivity index (χ2v) is 10.9. The SMILES string of the molecule is Cc1cn2c(n1)CN(C(=O)c1cnc3[nH]cc(-c4ccn5ncc(C(=O)NC6CCN(C)CC6)c5c4)c3c1)CC2. The number of piperidine rings is 1. The zero-order valence-corrected chi connectivity index (χ0v) is 22.6. The number of aryl methyl sites for hydroxylation is 1. The number of amides is 2. The van der Waals surface area contributed by atoms with Gasteiger partial charge in [0.15, 0.2) is 0 Å². The van der Waals surface area contributed by atoms with Crippen LogP contribution in [0.3, 0.4) is 0 Å². The third-order valence-corrected chi connectivity index (χ3v) is 8.12. The molecule has 0 saturated carbocycles. The minimum atomic E-state index is -0.104. The summed E-state index contributed by atoms with van der Waals surface area (Å²) in [6.45, 7) is 5.75. The molecule has 11 nitrogen and oxygen atoms in total. The summed E-state index contributed by atoms with van der Waals surface area (Å²) >= 11 is 0. The molecule has 7 rings (SSSR count). The number of carbonyl (C=O) groups excluding carboxylic acids is 2. The number of nitrogens with one attached hydrogen (secondary N) is 2. The van der Waals surface area contributed by atoms with Gasteiger partial charge in [0.05, 0.1) is 35.1 Å². The Hall–Kier alpha value is -4.51. The van der Waals surface area contributed by atoms with E-state index in [4.69, 9.17) is 0 Å². The molecule has 2 amide bonds. The highest BCUT2D eigenvalue weighted by Crippen LogP contribution is 2.30. The highest BCUT2D eigenvalue weighted by molar-refractivity contribution is 6.03. The molecule has 204 valence electrons. The predicted molar refractivity (Wildman–Crippen MR) is 150 cm³/mol. The van der Waals surface area contributed by atoms with E-state index in [-0.39, 0.29) is 17.9 Å². The van der Waals surface area contributed by atoms with Gasteiger partial charge in [-0.2, -0.15) is 5.10 Å². The van der Waals surface area contributed by atoms with E-state index in [0.29, 0.717) is 29.9 Å². The Morgan fingerprint density at radius 3 is 2.80 bits per heavy atom. The lowest BCUT2D eigenvalue weighted by Crippen LogP contribution is -2.43. The summed E-state index contributed by atoms with van der Waals surface area (Å²) in [4.78, 5) is 43.1. The van der Waals surface area contributed by atoms with Crippen molar-refractivity contribution in [1.29, 1.82) is 0 Å². The van der Waals surface area contributed by atoms with E-state index < -0.39 is 0 Å². The van der Waals surface area contributed by atoms with Gasteiger partial charge in [-0.1, -0.05) is 0 Å². The maximum absolute atomic E-state index is 13.5. The quantitative estimate of drug-likeness (QED) is 0.364. The highest BCUT2D eigenvalue weighted by atomic mass is 16.2. The average molecular weight is 538 g/mol. The van der Waals surface area contributed by atoms with Gasteiger partial charge in [0.25, 0.3) is 11.8 Å². The van der Waals surface area contributed by atoms with Crippen molar-refractivity contribution in [2.45, 2.75) is 38.9 Å². The first-order valence-electron chi connectivity index (χ1n) is 13.7. The summed E-state index contributed by atoms with van der Waals surface area (Å²) in [5.74, 6) is 0.735. The van der Waals surface area contributed by atoms with Crippen LogP contribution in [0.15, 0.2) is 49.2 Å². The lowest BCUT2D eigenvalue weighted by molar-refractivity contribution is 0.0707. The predicted octanol–water partition coefficient (Wildman–Crippen LogP) is 2.86. The molecule has 1 saturated heterocycles. The average Bonchev–Trinajstić information content (AvgIpc) is 3.68. The molecule has 11 heteroatoms. The lowest BCUT2D eigenvalue weighted by atomic mass is 10.0. The van der Waals surface area contributed by atoms with Crippen LogP contribution in [0, 0.1) is 6.92 Å². The number of hydrogen-bond donors (Lipinski definition) is 2. The van der Waals surface area contributed by atoms with Crippen molar-refractivity contribution in [3.63, 3.8) is 0 Å². The van der Waals surface area contributed by atoms with Crippen LogP contribution in [-0.2, 0) is 13.1 Å². The van der Waals surface area contributed by atoms with Gasteiger partial charge in [-0.25, -0.2) is 14.5 Å². The van der Waals surface area contributed by atoms with Crippen LogP contribution in [0.5, 0.6) is 0 Å². The molecule has 2 aliphatic heterocycles. The van der Waals surface area contributed by atoms with E-state index in [2.05, 4.69) is 41.9 Å². The fourth-order valence-corrected chi connectivity index (χ4v) is 5.85. The largest absolute Gasteiger partial charge is 0.349 e. The Morgan fingerprint density at radius 1 is 1.10 bits per heavy atom. The molecule has 0 unspecified atom stereocenters. The molecule has 5 aromatic heterocycles. The lowest BCUT2D eigenvalue weighted by Gasteiger charge is -2.29. The van der Waals surface area contributed by atoms with Crippen LogP contribution in [-0.4, -0.2) is 83.5 Å². The third-order valence-electron chi connectivity index (χ3n) is 8.12. The molecule has 5 aromatic rings. The number of H-pyrrole nitrogens is 1. The first-order valence-corrected chi connectivity index (χ1v) is 13.7. The van der Waals surface area contributed by atoms with Crippen molar-refractivity contribution < 1.29 is 9.59 Å². The van der Waals surface area contributed by atoms with E-state index in [1.807, 2.05) is 48.6 Å². The number of likely N-dealkylation sites (tertiary alicyclic amines) is 1. The van der Waals surface area contributed by atoms with E-state index in [0.717, 1.165) is 66.0 Å². The summed E-state index contributed by atoms with van der Waals surface area (Å²) < 4.78 is 3.83.